The van der Waals surface area contributed by atoms with Gasteiger partial charge in [-0.3, -0.25) is 9.78 Å². The Morgan fingerprint density at radius 1 is 1.50 bits per heavy atom. The molecule has 1 amide bonds. The Kier molecular flexibility index (Phi) is 4.18. The van der Waals surface area contributed by atoms with Crippen LogP contribution in [0.15, 0.2) is 18.5 Å². The number of carbonyl (C=O) groups is 1. The van der Waals surface area contributed by atoms with E-state index in [0.717, 1.165) is 18.7 Å². The first-order valence-corrected chi connectivity index (χ1v) is 6.71. The molecule has 2 unspecified atom stereocenters. The lowest BCUT2D eigenvalue weighted by Crippen LogP contribution is -2.36. The quantitative estimate of drug-likeness (QED) is 0.859. The van der Waals surface area contributed by atoms with Gasteiger partial charge in [0.15, 0.2) is 0 Å². The molecule has 4 heteroatoms. The molecule has 1 aliphatic carbocycles. The van der Waals surface area contributed by atoms with Gasteiger partial charge >= 0.3 is 0 Å². The minimum absolute atomic E-state index is 0.00657. The fourth-order valence-corrected chi connectivity index (χ4v) is 2.53. The number of nitrogens with zero attached hydrogens (tertiary/aromatic N) is 1. The second-order valence-corrected chi connectivity index (χ2v) is 4.94. The molecule has 0 saturated heterocycles. The van der Waals surface area contributed by atoms with Gasteiger partial charge in [0.1, 0.15) is 0 Å². The summed E-state index contributed by atoms with van der Waals surface area (Å²) in [5.41, 5.74) is 1.49. The minimum Gasteiger partial charge on any atom is -0.383 e. The van der Waals surface area contributed by atoms with Crippen molar-refractivity contribution < 1.29 is 4.79 Å². The Labute approximate surface area is 108 Å². The number of carbonyl (C=O) groups excluding carboxylic acids is 1. The first kappa shape index (κ1) is 12.9. The van der Waals surface area contributed by atoms with Crippen LogP contribution < -0.4 is 10.6 Å². The molecule has 0 spiro atoms. The summed E-state index contributed by atoms with van der Waals surface area (Å²) in [5, 5.41) is 6.31. The molecule has 0 aliphatic heterocycles. The van der Waals surface area contributed by atoms with E-state index >= 15 is 0 Å². The van der Waals surface area contributed by atoms with Gasteiger partial charge in [-0.05, 0) is 31.7 Å². The van der Waals surface area contributed by atoms with Gasteiger partial charge in [-0.25, -0.2) is 0 Å². The van der Waals surface area contributed by atoms with Crippen molar-refractivity contribution in [3.63, 3.8) is 0 Å². The van der Waals surface area contributed by atoms with E-state index in [1.807, 2.05) is 6.92 Å². The molecule has 1 heterocycles. The Balaban J connectivity index is 2.08. The zero-order chi connectivity index (χ0) is 13.0. The van der Waals surface area contributed by atoms with Gasteiger partial charge in [-0.2, -0.15) is 0 Å². The van der Waals surface area contributed by atoms with E-state index in [4.69, 9.17) is 0 Å². The maximum absolute atomic E-state index is 12.3. The predicted octanol–water partition coefficient (Wildman–Crippen LogP) is 2.43. The van der Waals surface area contributed by atoms with Crippen molar-refractivity contribution in [1.29, 1.82) is 0 Å². The predicted molar refractivity (Wildman–Crippen MR) is 72.7 cm³/mol. The molecule has 0 aromatic carbocycles. The number of hydrogen-bond acceptors (Lipinski definition) is 3. The lowest BCUT2D eigenvalue weighted by molar-refractivity contribution is 0.0930. The third kappa shape index (κ3) is 2.81. The number of aromatic nitrogens is 1. The fourth-order valence-electron chi connectivity index (χ4n) is 2.53. The highest BCUT2D eigenvalue weighted by atomic mass is 16.1. The fraction of sp³-hybridized carbons (Fsp3) is 0.571. The van der Waals surface area contributed by atoms with E-state index in [-0.39, 0.29) is 5.91 Å². The van der Waals surface area contributed by atoms with Crippen molar-refractivity contribution in [3.8, 4) is 0 Å². The van der Waals surface area contributed by atoms with Crippen molar-refractivity contribution in [3.05, 3.63) is 24.0 Å². The van der Waals surface area contributed by atoms with Crippen molar-refractivity contribution in [2.75, 3.05) is 11.9 Å². The SMILES string of the molecule is CCNc1cnccc1C(=O)NC1CCCC1C. The Morgan fingerprint density at radius 3 is 3.00 bits per heavy atom. The van der Waals surface area contributed by atoms with Crippen LogP contribution in [-0.2, 0) is 0 Å². The number of hydrogen-bond donors (Lipinski definition) is 2. The van der Waals surface area contributed by atoms with Gasteiger partial charge in [-0.15, -0.1) is 0 Å². The van der Waals surface area contributed by atoms with E-state index in [9.17, 15) is 4.79 Å². The van der Waals surface area contributed by atoms with Crippen LogP contribution in [0.5, 0.6) is 0 Å². The van der Waals surface area contributed by atoms with Crippen molar-refractivity contribution in [2.24, 2.45) is 5.92 Å². The molecule has 0 radical (unpaired) electrons. The first-order chi connectivity index (χ1) is 8.72. The molecule has 1 aromatic heterocycles. The third-order valence-corrected chi connectivity index (χ3v) is 3.61. The van der Waals surface area contributed by atoms with Crippen molar-refractivity contribution in [1.82, 2.24) is 10.3 Å². The number of rotatable bonds is 4. The number of nitrogens with one attached hydrogen (secondary N) is 2. The number of pyridine rings is 1. The van der Waals surface area contributed by atoms with Crippen LogP contribution in [0.4, 0.5) is 5.69 Å². The highest BCUT2D eigenvalue weighted by Crippen LogP contribution is 2.25. The second kappa shape index (κ2) is 5.85. The molecule has 1 fully saturated rings. The highest BCUT2D eigenvalue weighted by molar-refractivity contribution is 5.99. The second-order valence-electron chi connectivity index (χ2n) is 4.94. The molecule has 2 rings (SSSR count). The molecule has 2 N–H and O–H groups in total. The van der Waals surface area contributed by atoms with Gasteiger partial charge in [0, 0.05) is 18.8 Å². The molecule has 1 aliphatic rings. The molecule has 0 bridgehead atoms. The summed E-state index contributed by atoms with van der Waals surface area (Å²) in [7, 11) is 0. The Hall–Kier alpha value is -1.58. The van der Waals surface area contributed by atoms with Crippen LogP contribution in [0.3, 0.4) is 0 Å². The normalized spacial score (nSPS) is 22.8. The van der Waals surface area contributed by atoms with Gasteiger partial charge in [-0.1, -0.05) is 13.3 Å². The third-order valence-electron chi connectivity index (χ3n) is 3.61. The van der Waals surface area contributed by atoms with Crippen LogP contribution in [0.2, 0.25) is 0 Å². The van der Waals surface area contributed by atoms with Crippen LogP contribution >= 0.6 is 0 Å². The average molecular weight is 247 g/mol. The molecular weight excluding hydrogens is 226 g/mol. The summed E-state index contributed by atoms with van der Waals surface area (Å²) in [5.74, 6) is 0.588. The first-order valence-electron chi connectivity index (χ1n) is 6.71. The summed E-state index contributed by atoms with van der Waals surface area (Å²) in [6, 6.07) is 2.09. The summed E-state index contributed by atoms with van der Waals surface area (Å²) in [6.07, 6.45) is 6.88. The summed E-state index contributed by atoms with van der Waals surface area (Å²) in [4.78, 5) is 16.3. The molecule has 18 heavy (non-hydrogen) atoms. The van der Waals surface area contributed by atoms with Gasteiger partial charge < -0.3 is 10.6 Å². The lowest BCUT2D eigenvalue weighted by atomic mass is 10.1. The smallest absolute Gasteiger partial charge is 0.253 e. The van der Waals surface area contributed by atoms with Gasteiger partial charge in [0.05, 0.1) is 17.4 Å². The van der Waals surface area contributed by atoms with Crippen LogP contribution in [0.1, 0.15) is 43.5 Å². The summed E-state index contributed by atoms with van der Waals surface area (Å²) < 4.78 is 0. The van der Waals surface area contributed by atoms with Gasteiger partial charge in [0.2, 0.25) is 0 Å². The van der Waals surface area contributed by atoms with Crippen LogP contribution in [0, 0.1) is 5.92 Å². The largest absolute Gasteiger partial charge is 0.383 e. The molecule has 1 aromatic rings. The standard InChI is InChI=1S/C14H21N3O/c1-3-16-13-9-15-8-7-11(13)14(18)17-12-6-4-5-10(12)2/h7-10,12,16H,3-6H2,1-2H3,(H,17,18). The van der Waals surface area contributed by atoms with E-state index in [1.54, 1.807) is 18.5 Å². The monoisotopic (exact) mass is 247 g/mol. The molecular formula is C14H21N3O. The molecule has 4 nitrogen and oxygen atoms in total. The maximum Gasteiger partial charge on any atom is 0.253 e. The molecule has 98 valence electrons. The molecule has 1 saturated carbocycles. The van der Waals surface area contributed by atoms with Crippen molar-refractivity contribution >= 4 is 11.6 Å². The Morgan fingerprint density at radius 2 is 2.33 bits per heavy atom. The van der Waals surface area contributed by atoms with Crippen LogP contribution in [-0.4, -0.2) is 23.5 Å². The number of anilines is 1. The van der Waals surface area contributed by atoms with E-state index < -0.39 is 0 Å². The maximum atomic E-state index is 12.3. The summed E-state index contributed by atoms with van der Waals surface area (Å²) >= 11 is 0. The average Bonchev–Trinajstić information content (AvgIpc) is 2.76. The minimum atomic E-state index is 0.00657. The Bertz CT molecular complexity index is 419. The summed E-state index contributed by atoms with van der Waals surface area (Å²) in [6.45, 7) is 5.00. The van der Waals surface area contributed by atoms with E-state index in [0.29, 0.717) is 17.5 Å². The molecule has 2 atom stereocenters. The van der Waals surface area contributed by atoms with Crippen LogP contribution in [0.25, 0.3) is 0 Å². The van der Waals surface area contributed by atoms with E-state index in [1.165, 1.54) is 12.8 Å². The zero-order valence-corrected chi connectivity index (χ0v) is 11.1. The van der Waals surface area contributed by atoms with Gasteiger partial charge in [0.25, 0.3) is 5.91 Å². The topological polar surface area (TPSA) is 54.0 Å². The number of amides is 1. The zero-order valence-electron chi connectivity index (χ0n) is 11.1. The van der Waals surface area contributed by atoms with Crippen molar-refractivity contribution in [2.45, 2.75) is 39.2 Å². The lowest BCUT2D eigenvalue weighted by Gasteiger charge is -2.18. The van der Waals surface area contributed by atoms with E-state index in [2.05, 4.69) is 22.5 Å². The highest BCUT2D eigenvalue weighted by Gasteiger charge is 2.25.